The minimum atomic E-state index is -0.474. The first-order valence-electron chi connectivity index (χ1n) is 8.04. The summed E-state index contributed by atoms with van der Waals surface area (Å²) in [6.07, 6.45) is -0.261. The maximum absolute atomic E-state index is 12.1. The zero-order chi connectivity index (χ0) is 17.7. The maximum atomic E-state index is 12.1. The molecule has 8 heteroatoms. The van der Waals surface area contributed by atoms with E-state index in [9.17, 15) is 4.79 Å². The number of carbonyl (C=O) groups excluding carboxylic acids is 1. The Bertz CT molecular complexity index is 569. The highest BCUT2D eigenvalue weighted by Crippen LogP contribution is 2.21. The second-order valence-electron chi connectivity index (χ2n) is 6.63. The zero-order valence-electron chi connectivity index (χ0n) is 14.4. The van der Waals surface area contributed by atoms with Gasteiger partial charge in [0.2, 0.25) is 0 Å². The molecule has 0 atom stereocenters. The van der Waals surface area contributed by atoms with Crippen LogP contribution in [0.25, 0.3) is 0 Å². The lowest BCUT2D eigenvalue weighted by molar-refractivity contribution is 0.0240. The summed E-state index contributed by atoms with van der Waals surface area (Å²) in [6, 6.07) is 3.96. The smallest absolute Gasteiger partial charge is 0.410 e. The Labute approximate surface area is 156 Å². The molecule has 1 aliphatic heterocycles. The molecule has 0 aliphatic carbocycles. The third-order valence-electron chi connectivity index (χ3n) is 3.45. The molecule has 1 aromatic rings. The first-order valence-corrected chi connectivity index (χ1v) is 9.11. The van der Waals surface area contributed by atoms with Crippen LogP contribution in [0.2, 0.25) is 0 Å². The Kier molecular flexibility index (Phi) is 6.50. The zero-order valence-corrected chi connectivity index (χ0v) is 16.5. The highest BCUT2D eigenvalue weighted by Gasteiger charge is 2.26. The summed E-state index contributed by atoms with van der Waals surface area (Å²) in [7, 11) is 0. The molecule has 0 spiro atoms. The second-order valence-corrected chi connectivity index (χ2v) is 7.88. The van der Waals surface area contributed by atoms with Gasteiger partial charge in [0.25, 0.3) is 0 Å². The van der Waals surface area contributed by atoms with Crippen molar-refractivity contribution >= 4 is 40.3 Å². The van der Waals surface area contributed by atoms with Crippen LogP contribution in [-0.4, -0.2) is 66.0 Å². The summed E-state index contributed by atoms with van der Waals surface area (Å²) in [5.74, 6) is 1.63. The molecule has 2 rings (SSSR count). The van der Waals surface area contributed by atoms with E-state index in [0.29, 0.717) is 32.7 Å². The molecule has 2 heterocycles. The summed E-state index contributed by atoms with van der Waals surface area (Å²) in [5.41, 5.74) is -0.474. The van der Waals surface area contributed by atoms with Crippen molar-refractivity contribution in [2.75, 3.05) is 49.5 Å². The number of aliphatic hydroxyl groups excluding tert-OH is 1. The fourth-order valence-electron chi connectivity index (χ4n) is 2.36. The lowest BCUT2D eigenvalue weighted by Crippen LogP contribution is -2.50. The van der Waals surface area contributed by atoms with E-state index in [1.54, 1.807) is 4.90 Å². The van der Waals surface area contributed by atoms with Gasteiger partial charge in [-0.25, -0.2) is 9.78 Å². The molecule has 1 amide bonds. The summed E-state index contributed by atoms with van der Waals surface area (Å²) in [4.78, 5) is 20.6. The number of pyridine rings is 1. The van der Waals surface area contributed by atoms with Gasteiger partial charge in [-0.2, -0.15) is 0 Å². The highest BCUT2D eigenvalue weighted by atomic mass is 127. The van der Waals surface area contributed by atoms with Crippen molar-refractivity contribution in [2.24, 2.45) is 0 Å². The van der Waals surface area contributed by atoms with Gasteiger partial charge in [0.1, 0.15) is 17.2 Å². The third-order valence-corrected chi connectivity index (χ3v) is 4.07. The van der Waals surface area contributed by atoms with Crippen molar-refractivity contribution in [1.82, 2.24) is 9.88 Å². The van der Waals surface area contributed by atoms with E-state index in [1.807, 2.05) is 32.9 Å². The van der Waals surface area contributed by atoms with Crippen LogP contribution < -0.4 is 10.2 Å². The van der Waals surface area contributed by atoms with E-state index in [0.717, 1.165) is 15.2 Å². The molecule has 0 saturated carbocycles. The molecule has 1 aromatic heterocycles. The van der Waals surface area contributed by atoms with Gasteiger partial charge < -0.3 is 25.0 Å². The lowest BCUT2D eigenvalue weighted by Gasteiger charge is -2.36. The van der Waals surface area contributed by atoms with Gasteiger partial charge in [-0.3, -0.25) is 0 Å². The number of anilines is 2. The van der Waals surface area contributed by atoms with Crippen molar-refractivity contribution in [1.29, 1.82) is 0 Å². The maximum Gasteiger partial charge on any atom is 0.410 e. The molecule has 0 bridgehead atoms. The van der Waals surface area contributed by atoms with E-state index >= 15 is 0 Å². The van der Waals surface area contributed by atoms with Crippen LogP contribution in [-0.2, 0) is 4.74 Å². The van der Waals surface area contributed by atoms with Crippen LogP contribution in [0.3, 0.4) is 0 Å². The largest absolute Gasteiger partial charge is 0.444 e. The van der Waals surface area contributed by atoms with Gasteiger partial charge in [0, 0.05) is 36.3 Å². The van der Waals surface area contributed by atoms with E-state index in [2.05, 4.69) is 37.8 Å². The third kappa shape index (κ3) is 5.66. The Morgan fingerprint density at radius 3 is 2.58 bits per heavy atom. The minimum Gasteiger partial charge on any atom is -0.444 e. The topological polar surface area (TPSA) is 77.9 Å². The molecule has 0 aromatic carbocycles. The second kappa shape index (κ2) is 8.19. The average Bonchev–Trinajstić information content (AvgIpc) is 2.51. The number of hydrogen-bond donors (Lipinski definition) is 2. The molecule has 1 fully saturated rings. The van der Waals surface area contributed by atoms with Crippen LogP contribution in [0.15, 0.2) is 12.1 Å². The van der Waals surface area contributed by atoms with Gasteiger partial charge >= 0.3 is 6.09 Å². The number of ether oxygens (including phenoxy) is 1. The Hall–Kier alpha value is -1.29. The Morgan fingerprint density at radius 1 is 1.33 bits per heavy atom. The molecular weight excluding hydrogens is 423 g/mol. The van der Waals surface area contributed by atoms with Crippen molar-refractivity contribution in [3.63, 3.8) is 0 Å². The van der Waals surface area contributed by atoms with Crippen LogP contribution >= 0.6 is 22.6 Å². The summed E-state index contributed by atoms with van der Waals surface area (Å²) in [6.45, 7) is 8.81. The highest BCUT2D eigenvalue weighted by molar-refractivity contribution is 14.1. The summed E-state index contributed by atoms with van der Waals surface area (Å²) < 4.78 is 6.50. The predicted molar refractivity (Wildman–Crippen MR) is 103 cm³/mol. The number of halogens is 1. The number of amides is 1. The fraction of sp³-hybridized carbons (Fsp3) is 0.625. The summed E-state index contributed by atoms with van der Waals surface area (Å²) in [5, 5.41) is 12.0. The van der Waals surface area contributed by atoms with Crippen molar-refractivity contribution < 1.29 is 14.6 Å². The van der Waals surface area contributed by atoms with Crippen molar-refractivity contribution in [3.8, 4) is 0 Å². The van der Waals surface area contributed by atoms with Crippen molar-refractivity contribution in [3.05, 3.63) is 15.7 Å². The molecular formula is C16H25IN4O3. The lowest BCUT2D eigenvalue weighted by atomic mass is 10.2. The minimum absolute atomic E-state index is 0.0665. The van der Waals surface area contributed by atoms with E-state index in [-0.39, 0.29) is 12.7 Å². The first-order chi connectivity index (χ1) is 11.3. The number of piperazine rings is 1. The molecule has 134 valence electrons. The molecule has 0 unspecified atom stereocenters. The van der Waals surface area contributed by atoms with Crippen molar-refractivity contribution in [2.45, 2.75) is 26.4 Å². The SMILES string of the molecule is CC(C)(C)OC(=O)N1CCN(c2cc(I)cc(NCCO)n2)CC1. The van der Waals surface area contributed by atoms with Crippen LogP contribution in [0.5, 0.6) is 0 Å². The van der Waals surface area contributed by atoms with E-state index in [4.69, 9.17) is 9.84 Å². The number of nitrogens with one attached hydrogen (secondary N) is 1. The molecule has 1 saturated heterocycles. The van der Waals surface area contributed by atoms with Gasteiger partial charge in [0.05, 0.1) is 6.61 Å². The monoisotopic (exact) mass is 448 g/mol. The van der Waals surface area contributed by atoms with Gasteiger partial charge in [0.15, 0.2) is 0 Å². The normalized spacial score (nSPS) is 15.4. The van der Waals surface area contributed by atoms with E-state index < -0.39 is 5.60 Å². The van der Waals surface area contributed by atoms with Crippen LogP contribution in [0.4, 0.5) is 16.4 Å². The number of rotatable bonds is 4. The molecule has 24 heavy (non-hydrogen) atoms. The number of hydrogen-bond acceptors (Lipinski definition) is 6. The van der Waals surface area contributed by atoms with Gasteiger partial charge in [-0.05, 0) is 55.5 Å². The Balaban J connectivity index is 1.97. The van der Waals surface area contributed by atoms with Gasteiger partial charge in [-0.15, -0.1) is 0 Å². The molecule has 0 radical (unpaired) electrons. The number of aromatic nitrogens is 1. The molecule has 2 N–H and O–H groups in total. The van der Waals surface area contributed by atoms with E-state index in [1.165, 1.54) is 0 Å². The van der Waals surface area contributed by atoms with Crippen LogP contribution in [0, 0.1) is 3.57 Å². The number of carbonyl (C=O) groups is 1. The first kappa shape index (κ1) is 19.0. The average molecular weight is 448 g/mol. The fourth-order valence-corrected chi connectivity index (χ4v) is 2.94. The summed E-state index contributed by atoms with van der Waals surface area (Å²) >= 11 is 2.25. The predicted octanol–water partition coefficient (Wildman–Crippen LogP) is 2.15. The quantitative estimate of drug-likeness (QED) is 0.688. The van der Waals surface area contributed by atoms with Gasteiger partial charge in [-0.1, -0.05) is 0 Å². The molecule has 1 aliphatic rings. The molecule has 7 nitrogen and oxygen atoms in total. The number of aliphatic hydroxyl groups is 1. The standard InChI is InChI=1S/C16H25IN4O3/c1-16(2,3)24-15(23)21-7-5-20(6-8-21)14-11-12(17)10-13(19-14)18-4-9-22/h10-11,22H,4-9H2,1-3H3,(H,18,19). The Morgan fingerprint density at radius 2 is 2.00 bits per heavy atom. The number of nitrogens with zero attached hydrogens (tertiary/aromatic N) is 3. The van der Waals surface area contributed by atoms with Crippen LogP contribution in [0.1, 0.15) is 20.8 Å².